The van der Waals surface area contributed by atoms with E-state index < -0.39 is 22.0 Å². The summed E-state index contributed by atoms with van der Waals surface area (Å²) in [5.74, 6) is -0.774. The molecule has 4 N–H and O–H groups in total. The number of β-amino-alcohol motifs (C(OH)–C–C–N with tert-alkyl or cyclic N) is 1. The Balaban J connectivity index is 1.92. The smallest absolute Gasteiger partial charge is 0.243 e. The first-order valence-corrected chi connectivity index (χ1v) is 9.63. The monoisotopic (exact) mass is 384 g/mol. The van der Waals surface area contributed by atoms with Crippen LogP contribution < -0.4 is 16.0 Å². The fourth-order valence-electron chi connectivity index (χ4n) is 2.61. The molecule has 1 heterocycles. The molecule has 0 bridgehead atoms. The Labute approximate surface area is 152 Å². The molecule has 2 amide bonds. The average Bonchev–Trinajstić information content (AvgIpc) is 2.98. The summed E-state index contributed by atoms with van der Waals surface area (Å²) in [6, 6.07) is 5.71. The number of likely N-dealkylation sites (N-methyl/N-ethyl adjacent to an activating group) is 1. The van der Waals surface area contributed by atoms with Gasteiger partial charge in [-0.1, -0.05) is 0 Å². The lowest BCUT2D eigenvalue weighted by molar-refractivity contribution is -0.121. The first kappa shape index (κ1) is 20.3. The molecule has 1 aliphatic heterocycles. The first-order valence-electron chi connectivity index (χ1n) is 8.19. The molecule has 26 heavy (non-hydrogen) atoms. The predicted octanol–water partition coefficient (Wildman–Crippen LogP) is -1.04. The first-order chi connectivity index (χ1) is 12.2. The van der Waals surface area contributed by atoms with E-state index >= 15 is 0 Å². The molecule has 2 atom stereocenters. The molecule has 0 spiro atoms. The van der Waals surface area contributed by atoms with Crippen LogP contribution in [0.1, 0.15) is 6.92 Å². The van der Waals surface area contributed by atoms with Crippen molar-refractivity contribution in [2.75, 3.05) is 38.5 Å². The van der Waals surface area contributed by atoms with E-state index in [1.165, 1.54) is 38.2 Å². The van der Waals surface area contributed by atoms with E-state index in [9.17, 15) is 23.1 Å². The molecule has 0 aromatic heterocycles. The minimum absolute atomic E-state index is 0.0253. The number of carbonyl (C=O) groups excluding carboxylic acids is 2. The number of aliphatic hydroxyl groups excluding tert-OH is 1. The molecule has 1 aromatic rings. The van der Waals surface area contributed by atoms with Gasteiger partial charge in [-0.25, -0.2) is 8.42 Å². The third-order valence-corrected chi connectivity index (χ3v) is 5.93. The highest BCUT2D eigenvalue weighted by Crippen LogP contribution is 2.17. The van der Waals surface area contributed by atoms with Crippen LogP contribution in [0.2, 0.25) is 0 Å². The number of amides is 2. The number of nitrogens with zero attached hydrogens (tertiary/aromatic N) is 1. The van der Waals surface area contributed by atoms with Crippen molar-refractivity contribution in [2.45, 2.75) is 17.9 Å². The van der Waals surface area contributed by atoms with Crippen LogP contribution in [-0.2, 0) is 19.6 Å². The van der Waals surface area contributed by atoms with Crippen LogP contribution in [-0.4, -0.2) is 69.0 Å². The van der Waals surface area contributed by atoms with E-state index in [4.69, 9.17) is 0 Å². The van der Waals surface area contributed by atoms with E-state index in [-0.39, 0.29) is 29.8 Å². The van der Waals surface area contributed by atoms with Crippen molar-refractivity contribution in [3.05, 3.63) is 24.3 Å². The molecule has 0 radical (unpaired) electrons. The van der Waals surface area contributed by atoms with E-state index in [2.05, 4.69) is 16.0 Å². The van der Waals surface area contributed by atoms with Crippen LogP contribution in [0.15, 0.2) is 29.2 Å². The molecule has 0 aliphatic carbocycles. The van der Waals surface area contributed by atoms with Crippen molar-refractivity contribution in [1.29, 1.82) is 0 Å². The fourth-order valence-corrected chi connectivity index (χ4v) is 3.74. The quantitative estimate of drug-likeness (QED) is 0.476. The van der Waals surface area contributed by atoms with Gasteiger partial charge in [0.2, 0.25) is 21.8 Å². The van der Waals surface area contributed by atoms with E-state index in [1.807, 2.05) is 0 Å². The van der Waals surface area contributed by atoms with Crippen molar-refractivity contribution in [3.8, 4) is 0 Å². The van der Waals surface area contributed by atoms with Gasteiger partial charge in [-0.15, -0.1) is 0 Å². The molecule has 2 rings (SSSR count). The zero-order chi connectivity index (χ0) is 19.3. The summed E-state index contributed by atoms with van der Waals surface area (Å²) in [4.78, 5) is 23.0. The number of carbonyl (C=O) groups is 2. The summed E-state index contributed by atoms with van der Waals surface area (Å²) in [7, 11) is -2.51. The number of rotatable bonds is 7. The van der Waals surface area contributed by atoms with E-state index in [0.717, 1.165) is 4.31 Å². The zero-order valence-electron chi connectivity index (χ0n) is 14.7. The lowest BCUT2D eigenvalue weighted by Crippen LogP contribution is -2.41. The second-order valence-electron chi connectivity index (χ2n) is 6.26. The van der Waals surface area contributed by atoms with Gasteiger partial charge >= 0.3 is 0 Å². The third-order valence-electron chi connectivity index (χ3n) is 4.11. The highest BCUT2D eigenvalue weighted by atomic mass is 32.2. The van der Waals surface area contributed by atoms with Gasteiger partial charge < -0.3 is 21.1 Å². The van der Waals surface area contributed by atoms with Gasteiger partial charge in [-0.2, -0.15) is 4.31 Å². The summed E-state index contributed by atoms with van der Waals surface area (Å²) < 4.78 is 26.0. The maximum atomic E-state index is 12.5. The molecule has 1 fully saturated rings. The van der Waals surface area contributed by atoms with Crippen molar-refractivity contribution < 1.29 is 23.1 Å². The number of nitrogens with one attached hydrogen (secondary N) is 3. The second kappa shape index (κ2) is 8.58. The van der Waals surface area contributed by atoms with Crippen molar-refractivity contribution in [1.82, 2.24) is 14.9 Å². The van der Waals surface area contributed by atoms with Gasteiger partial charge in [0.15, 0.2) is 0 Å². The lowest BCUT2D eigenvalue weighted by atomic mass is 10.1. The molecule has 1 saturated heterocycles. The summed E-state index contributed by atoms with van der Waals surface area (Å²) in [6.07, 6.45) is -0.515. The Kier molecular flexibility index (Phi) is 6.70. The van der Waals surface area contributed by atoms with Crippen LogP contribution >= 0.6 is 0 Å². The molecular formula is C16H24N4O5S. The van der Waals surface area contributed by atoms with Gasteiger partial charge in [0.1, 0.15) is 0 Å². The van der Waals surface area contributed by atoms with Gasteiger partial charge in [0.05, 0.1) is 17.5 Å². The van der Waals surface area contributed by atoms with Gasteiger partial charge in [0, 0.05) is 45.2 Å². The minimum atomic E-state index is -3.83. The van der Waals surface area contributed by atoms with Crippen molar-refractivity contribution in [3.63, 3.8) is 0 Å². The molecule has 9 nitrogen and oxygen atoms in total. The molecule has 2 unspecified atom stereocenters. The van der Waals surface area contributed by atoms with Crippen LogP contribution in [0.25, 0.3) is 0 Å². The van der Waals surface area contributed by atoms with Crippen LogP contribution in [0.5, 0.6) is 0 Å². The van der Waals surface area contributed by atoms with Gasteiger partial charge in [-0.3, -0.25) is 9.59 Å². The second-order valence-corrected chi connectivity index (χ2v) is 8.30. The Bertz CT molecular complexity index is 750. The zero-order valence-corrected chi connectivity index (χ0v) is 15.5. The number of sulfonamides is 1. The maximum Gasteiger partial charge on any atom is 0.243 e. The number of hydrogen-bond donors (Lipinski definition) is 4. The molecule has 144 valence electrons. The summed E-state index contributed by atoms with van der Waals surface area (Å²) >= 11 is 0. The molecular weight excluding hydrogens is 360 g/mol. The average molecular weight is 384 g/mol. The Hall–Kier alpha value is -2.01. The Morgan fingerprint density at radius 1 is 1.27 bits per heavy atom. The predicted molar refractivity (Wildman–Crippen MR) is 95.9 cm³/mol. The molecule has 10 heteroatoms. The largest absolute Gasteiger partial charge is 0.391 e. The summed E-state index contributed by atoms with van der Waals surface area (Å²) in [5.41, 5.74) is 0.487. The van der Waals surface area contributed by atoms with Crippen molar-refractivity contribution in [2.24, 2.45) is 5.92 Å². The normalized spacial score (nSPS) is 20.2. The maximum absolute atomic E-state index is 12.5. The standard InChI is InChI=1S/C16H24N4O5S/c1-11(21)19-13-3-5-14(6-4-13)26(24,25)20(2)10-16(23)18-8-12-7-17-9-15(12)22/h3-6,12,15,17,22H,7-10H2,1-2H3,(H,18,23)(H,19,21). The highest BCUT2D eigenvalue weighted by molar-refractivity contribution is 7.89. The Morgan fingerprint density at radius 2 is 1.92 bits per heavy atom. The van der Waals surface area contributed by atoms with Crippen molar-refractivity contribution >= 4 is 27.5 Å². The molecule has 1 aliphatic rings. The Morgan fingerprint density at radius 3 is 2.46 bits per heavy atom. The van der Waals surface area contributed by atoms with Crippen LogP contribution in [0.3, 0.4) is 0 Å². The summed E-state index contributed by atoms with van der Waals surface area (Å²) in [6.45, 7) is 2.41. The van der Waals surface area contributed by atoms with Crippen LogP contribution in [0, 0.1) is 5.92 Å². The number of benzene rings is 1. The van der Waals surface area contributed by atoms with E-state index in [0.29, 0.717) is 18.8 Å². The van der Waals surface area contributed by atoms with Crippen LogP contribution in [0.4, 0.5) is 5.69 Å². The van der Waals surface area contributed by atoms with E-state index in [1.54, 1.807) is 0 Å². The number of anilines is 1. The third kappa shape index (κ3) is 5.24. The highest BCUT2D eigenvalue weighted by Gasteiger charge is 2.26. The SMILES string of the molecule is CC(=O)Nc1ccc(S(=O)(=O)N(C)CC(=O)NCC2CNCC2O)cc1. The van der Waals surface area contributed by atoms with Gasteiger partial charge in [0.25, 0.3) is 0 Å². The number of hydrogen-bond acceptors (Lipinski definition) is 6. The summed E-state index contributed by atoms with van der Waals surface area (Å²) in [5, 5.41) is 17.9. The fraction of sp³-hybridized carbons (Fsp3) is 0.500. The topological polar surface area (TPSA) is 128 Å². The van der Waals surface area contributed by atoms with Gasteiger partial charge in [-0.05, 0) is 24.3 Å². The lowest BCUT2D eigenvalue weighted by Gasteiger charge is -2.19. The minimum Gasteiger partial charge on any atom is -0.391 e. The number of aliphatic hydroxyl groups is 1. The molecule has 0 saturated carbocycles. The molecule has 1 aromatic carbocycles.